The largest absolute Gasteiger partial charge is 0.352 e. The third kappa shape index (κ3) is 5.43. The molecule has 0 aliphatic carbocycles. The zero-order valence-electron chi connectivity index (χ0n) is 12.6. The van der Waals surface area contributed by atoms with Crippen LogP contribution in [0.4, 0.5) is 0 Å². The lowest BCUT2D eigenvalue weighted by molar-refractivity contribution is 0.0949. The number of nitrogens with one attached hydrogen (secondary N) is 1. The highest BCUT2D eigenvalue weighted by Gasteiger charge is 2.06. The van der Waals surface area contributed by atoms with E-state index in [0.717, 1.165) is 31.7 Å². The summed E-state index contributed by atoms with van der Waals surface area (Å²) in [4.78, 5) is 14.2. The molecule has 0 atom stereocenters. The van der Waals surface area contributed by atoms with E-state index in [1.54, 1.807) is 0 Å². The van der Waals surface area contributed by atoms with E-state index >= 15 is 0 Å². The van der Waals surface area contributed by atoms with Crippen LogP contribution in [-0.2, 0) is 6.54 Å². The maximum absolute atomic E-state index is 11.9. The van der Waals surface area contributed by atoms with Crippen LogP contribution in [0.1, 0.15) is 43.6 Å². The van der Waals surface area contributed by atoms with Gasteiger partial charge in [0.15, 0.2) is 0 Å². The molecule has 1 rings (SSSR count). The van der Waals surface area contributed by atoms with Crippen LogP contribution in [0.25, 0.3) is 0 Å². The van der Waals surface area contributed by atoms with Gasteiger partial charge in [-0.2, -0.15) is 0 Å². The summed E-state index contributed by atoms with van der Waals surface area (Å²) >= 11 is 0. The van der Waals surface area contributed by atoms with Crippen molar-refractivity contribution in [1.29, 1.82) is 0 Å². The molecule has 0 bridgehead atoms. The van der Waals surface area contributed by atoms with Crippen molar-refractivity contribution in [3.8, 4) is 0 Å². The van der Waals surface area contributed by atoms with Crippen LogP contribution >= 0.6 is 0 Å². The predicted octanol–water partition coefficient (Wildman–Crippen LogP) is 2.91. The Morgan fingerprint density at radius 2 is 1.74 bits per heavy atom. The van der Waals surface area contributed by atoms with Crippen molar-refractivity contribution >= 4 is 5.91 Å². The molecular weight excluding hydrogens is 236 g/mol. The third-order valence-electron chi connectivity index (χ3n) is 3.19. The smallest absolute Gasteiger partial charge is 0.251 e. The Labute approximate surface area is 117 Å². The molecule has 1 N–H and O–H groups in total. The van der Waals surface area contributed by atoms with Crippen molar-refractivity contribution in [3.63, 3.8) is 0 Å². The molecule has 0 aliphatic rings. The summed E-state index contributed by atoms with van der Waals surface area (Å²) in [5.74, 6) is 0.494. The van der Waals surface area contributed by atoms with Gasteiger partial charge < -0.3 is 5.32 Å². The maximum atomic E-state index is 11.9. The average Bonchev–Trinajstić information content (AvgIpc) is 2.42. The Balaban J connectivity index is 2.58. The van der Waals surface area contributed by atoms with Gasteiger partial charge in [0.25, 0.3) is 5.91 Å². The average molecular weight is 262 g/mol. The molecule has 1 aromatic rings. The summed E-state index contributed by atoms with van der Waals surface area (Å²) in [6.07, 6.45) is 0. The minimum absolute atomic E-state index is 0.0167. The van der Waals surface area contributed by atoms with E-state index in [9.17, 15) is 4.79 Å². The lowest BCUT2D eigenvalue weighted by Crippen LogP contribution is -2.27. The van der Waals surface area contributed by atoms with Gasteiger partial charge in [-0.05, 0) is 36.7 Å². The van der Waals surface area contributed by atoms with Crippen molar-refractivity contribution in [2.24, 2.45) is 5.92 Å². The van der Waals surface area contributed by atoms with Gasteiger partial charge in [-0.15, -0.1) is 0 Å². The summed E-state index contributed by atoms with van der Waals surface area (Å²) in [6.45, 7) is 12.3. The normalized spacial score (nSPS) is 11.1. The zero-order chi connectivity index (χ0) is 14.3. The standard InChI is InChI=1S/C16H26N2O/c1-5-18(6-2)12-14-7-9-15(10-8-14)16(19)17-11-13(3)4/h7-10,13H,5-6,11-12H2,1-4H3,(H,17,19). The Kier molecular flexibility index (Phi) is 6.57. The second-order valence-corrected chi connectivity index (χ2v) is 5.26. The van der Waals surface area contributed by atoms with E-state index in [0.29, 0.717) is 5.92 Å². The second kappa shape index (κ2) is 7.95. The van der Waals surface area contributed by atoms with Crippen molar-refractivity contribution in [1.82, 2.24) is 10.2 Å². The van der Waals surface area contributed by atoms with Crippen LogP contribution in [0.2, 0.25) is 0 Å². The first-order valence-corrected chi connectivity index (χ1v) is 7.16. The molecule has 0 unspecified atom stereocenters. The number of hydrogen-bond acceptors (Lipinski definition) is 2. The van der Waals surface area contributed by atoms with Crippen LogP contribution in [0.5, 0.6) is 0 Å². The van der Waals surface area contributed by atoms with Crippen LogP contribution in [0.15, 0.2) is 24.3 Å². The Morgan fingerprint density at radius 1 is 1.16 bits per heavy atom. The molecule has 0 radical (unpaired) electrons. The fraction of sp³-hybridized carbons (Fsp3) is 0.562. The Hall–Kier alpha value is -1.35. The van der Waals surface area contributed by atoms with E-state index < -0.39 is 0 Å². The number of benzene rings is 1. The van der Waals surface area contributed by atoms with Gasteiger partial charge in [-0.1, -0.05) is 39.8 Å². The third-order valence-corrected chi connectivity index (χ3v) is 3.19. The van der Waals surface area contributed by atoms with Gasteiger partial charge in [0, 0.05) is 18.7 Å². The summed E-state index contributed by atoms with van der Waals surface area (Å²) in [5.41, 5.74) is 1.99. The topological polar surface area (TPSA) is 32.3 Å². The van der Waals surface area contributed by atoms with Gasteiger partial charge >= 0.3 is 0 Å². The molecule has 3 nitrogen and oxygen atoms in total. The SMILES string of the molecule is CCN(CC)Cc1ccc(C(=O)NCC(C)C)cc1. The molecule has 0 fully saturated rings. The first-order valence-electron chi connectivity index (χ1n) is 7.16. The van der Waals surface area contributed by atoms with Crippen LogP contribution in [0, 0.1) is 5.92 Å². The molecular formula is C16H26N2O. The van der Waals surface area contributed by atoms with Crippen LogP contribution in [-0.4, -0.2) is 30.4 Å². The maximum Gasteiger partial charge on any atom is 0.251 e. The predicted molar refractivity (Wildman–Crippen MR) is 80.2 cm³/mol. The van der Waals surface area contributed by atoms with Crippen molar-refractivity contribution in [3.05, 3.63) is 35.4 Å². The fourth-order valence-corrected chi connectivity index (χ4v) is 1.87. The quantitative estimate of drug-likeness (QED) is 0.819. The van der Waals surface area contributed by atoms with E-state index in [-0.39, 0.29) is 5.91 Å². The molecule has 0 saturated carbocycles. The second-order valence-electron chi connectivity index (χ2n) is 5.26. The summed E-state index contributed by atoms with van der Waals surface area (Å²) in [7, 11) is 0. The summed E-state index contributed by atoms with van der Waals surface area (Å²) in [6, 6.07) is 7.91. The number of rotatable bonds is 7. The molecule has 3 heteroatoms. The highest BCUT2D eigenvalue weighted by atomic mass is 16.1. The lowest BCUT2D eigenvalue weighted by atomic mass is 10.1. The molecule has 1 amide bonds. The first kappa shape index (κ1) is 15.7. The van der Waals surface area contributed by atoms with Crippen LogP contribution < -0.4 is 5.32 Å². The molecule has 106 valence electrons. The lowest BCUT2D eigenvalue weighted by Gasteiger charge is -2.18. The van der Waals surface area contributed by atoms with Crippen molar-refractivity contribution < 1.29 is 4.79 Å². The monoisotopic (exact) mass is 262 g/mol. The number of carbonyl (C=O) groups is 1. The van der Waals surface area contributed by atoms with Crippen LogP contribution in [0.3, 0.4) is 0 Å². The molecule has 0 aliphatic heterocycles. The number of nitrogens with zero attached hydrogens (tertiary/aromatic N) is 1. The van der Waals surface area contributed by atoms with Gasteiger partial charge in [0.05, 0.1) is 0 Å². The van der Waals surface area contributed by atoms with Gasteiger partial charge in [-0.3, -0.25) is 9.69 Å². The molecule has 0 saturated heterocycles. The zero-order valence-corrected chi connectivity index (χ0v) is 12.6. The Morgan fingerprint density at radius 3 is 2.21 bits per heavy atom. The molecule has 1 aromatic carbocycles. The van der Waals surface area contributed by atoms with Crippen molar-refractivity contribution in [2.75, 3.05) is 19.6 Å². The fourth-order valence-electron chi connectivity index (χ4n) is 1.87. The van der Waals surface area contributed by atoms with E-state index in [4.69, 9.17) is 0 Å². The minimum atomic E-state index is 0.0167. The molecule has 0 heterocycles. The highest BCUT2D eigenvalue weighted by molar-refractivity contribution is 5.94. The number of hydrogen-bond donors (Lipinski definition) is 1. The van der Waals surface area contributed by atoms with E-state index in [1.165, 1.54) is 5.56 Å². The highest BCUT2D eigenvalue weighted by Crippen LogP contribution is 2.07. The van der Waals surface area contributed by atoms with Crippen molar-refractivity contribution in [2.45, 2.75) is 34.2 Å². The molecule has 0 spiro atoms. The summed E-state index contributed by atoms with van der Waals surface area (Å²) in [5, 5.41) is 2.93. The van der Waals surface area contributed by atoms with Gasteiger partial charge in [0.2, 0.25) is 0 Å². The number of amides is 1. The Bertz CT molecular complexity index is 380. The first-order chi connectivity index (χ1) is 9.06. The number of carbonyl (C=O) groups excluding carboxylic acids is 1. The minimum Gasteiger partial charge on any atom is -0.352 e. The van der Waals surface area contributed by atoms with E-state index in [2.05, 4.69) is 37.9 Å². The summed E-state index contributed by atoms with van der Waals surface area (Å²) < 4.78 is 0. The van der Waals surface area contributed by atoms with E-state index in [1.807, 2.05) is 24.3 Å². The molecule has 0 aromatic heterocycles. The van der Waals surface area contributed by atoms with Gasteiger partial charge in [0.1, 0.15) is 0 Å². The van der Waals surface area contributed by atoms with Gasteiger partial charge in [-0.25, -0.2) is 0 Å². The molecule has 19 heavy (non-hydrogen) atoms.